The number of hydrogen-bond acceptors (Lipinski definition) is 8. The van der Waals surface area contributed by atoms with Gasteiger partial charge < -0.3 is 14.9 Å². The number of carbonyl (C=O) groups is 1. The largest absolute Gasteiger partial charge is 0.504 e. The number of esters is 1. The van der Waals surface area contributed by atoms with Crippen LogP contribution in [-0.2, 0) is 21.2 Å². The molecule has 11 heteroatoms. The molecule has 2 N–H and O–H groups in total. The number of rotatable bonds is 5. The van der Waals surface area contributed by atoms with E-state index in [2.05, 4.69) is 21.8 Å². The Kier molecular flexibility index (Phi) is 7.49. The molecule has 1 aliphatic heterocycles. The summed E-state index contributed by atoms with van der Waals surface area (Å²) in [4.78, 5) is 21.4. The number of aliphatic hydroxyl groups is 1. The van der Waals surface area contributed by atoms with E-state index in [1.807, 2.05) is 0 Å². The molecule has 0 amide bonds. The maximum Gasteiger partial charge on any atom is 0.361 e. The van der Waals surface area contributed by atoms with Gasteiger partial charge in [0, 0.05) is 24.7 Å². The van der Waals surface area contributed by atoms with E-state index >= 15 is 0 Å². The van der Waals surface area contributed by atoms with Crippen molar-refractivity contribution in [1.82, 2.24) is 14.3 Å². The van der Waals surface area contributed by atoms with Crippen molar-refractivity contribution in [3.05, 3.63) is 64.9 Å². The summed E-state index contributed by atoms with van der Waals surface area (Å²) >= 11 is 0. The van der Waals surface area contributed by atoms with Gasteiger partial charge in [-0.25, -0.2) is 26.9 Å². The first-order valence-corrected chi connectivity index (χ1v) is 13.0. The van der Waals surface area contributed by atoms with Gasteiger partial charge in [0.15, 0.2) is 11.4 Å². The zero-order valence-corrected chi connectivity index (χ0v) is 20.3. The smallest absolute Gasteiger partial charge is 0.361 e. The van der Waals surface area contributed by atoms with Gasteiger partial charge in [0.2, 0.25) is 10.0 Å². The molecule has 0 bridgehead atoms. The molecule has 0 unspecified atom stereocenters. The molecule has 188 valence electrons. The number of sulfonamides is 1. The number of piperidine rings is 1. The van der Waals surface area contributed by atoms with Gasteiger partial charge in [0.25, 0.3) is 0 Å². The minimum atomic E-state index is -3.32. The third-order valence-corrected chi connectivity index (χ3v) is 7.12. The van der Waals surface area contributed by atoms with E-state index in [4.69, 9.17) is 9.84 Å². The van der Waals surface area contributed by atoms with Gasteiger partial charge in [-0.1, -0.05) is 18.1 Å². The summed E-state index contributed by atoms with van der Waals surface area (Å²) in [6.07, 6.45) is 3.19. The van der Waals surface area contributed by atoms with Crippen LogP contribution >= 0.6 is 0 Å². The number of aromatic hydroxyl groups is 1. The predicted octanol–water partition coefficient (Wildman–Crippen LogP) is 1.99. The van der Waals surface area contributed by atoms with Gasteiger partial charge >= 0.3 is 5.97 Å². The Morgan fingerprint density at radius 2 is 1.92 bits per heavy atom. The fourth-order valence-corrected chi connectivity index (χ4v) is 4.87. The average Bonchev–Trinajstić information content (AvgIpc) is 2.85. The summed E-state index contributed by atoms with van der Waals surface area (Å²) in [6.45, 7) is 0.00445. The summed E-state index contributed by atoms with van der Waals surface area (Å²) in [5.74, 6) is 3.50. The van der Waals surface area contributed by atoms with E-state index in [1.165, 1.54) is 22.6 Å². The van der Waals surface area contributed by atoms with Crippen LogP contribution in [0.1, 0.15) is 40.2 Å². The predicted molar refractivity (Wildman–Crippen MR) is 129 cm³/mol. The Labute approximate surface area is 207 Å². The number of pyridine rings is 2. The molecule has 0 radical (unpaired) electrons. The van der Waals surface area contributed by atoms with Crippen molar-refractivity contribution in [1.29, 1.82) is 0 Å². The van der Waals surface area contributed by atoms with Gasteiger partial charge in [-0.2, -0.15) is 0 Å². The summed E-state index contributed by atoms with van der Waals surface area (Å²) in [6, 6.07) is 7.74. The lowest BCUT2D eigenvalue weighted by atomic mass is 10.0. The van der Waals surface area contributed by atoms with Crippen LogP contribution in [0, 0.1) is 17.7 Å². The summed E-state index contributed by atoms with van der Waals surface area (Å²) in [7, 11) is -3.32. The highest BCUT2D eigenvalue weighted by Gasteiger charge is 2.29. The third-order valence-electron chi connectivity index (χ3n) is 5.82. The minimum absolute atomic E-state index is 0.0916. The lowest BCUT2D eigenvalue weighted by Gasteiger charge is -2.29. The van der Waals surface area contributed by atoms with Crippen LogP contribution in [0.15, 0.2) is 36.5 Å². The third kappa shape index (κ3) is 5.79. The average molecular weight is 514 g/mol. The second-order valence-electron chi connectivity index (χ2n) is 8.43. The standard InChI is InChI=1S/C25H24FN3O6S/c1-36(33,34)29-10-8-19(9-11-29)35-25(32)23-24(31)22-20(21(28-23)3-2-12-30)14-17(15-27-22)13-16-4-6-18(26)7-5-16/h4-7,14-15,19,30-31H,8-13H2,1H3. The van der Waals surface area contributed by atoms with Gasteiger partial charge in [-0.15, -0.1) is 0 Å². The molecule has 0 aliphatic carbocycles. The topological polar surface area (TPSA) is 130 Å². The Bertz CT molecular complexity index is 1460. The van der Waals surface area contributed by atoms with E-state index in [1.54, 1.807) is 18.2 Å². The van der Waals surface area contributed by atoms with E-state index in [0.29, 0.717) is 24.6 Å². The van der Waals surface area contributed by atoms with E-state index in [0.717, 1.165) is 17.4 Å². The molecular weight excluding hydrogens is 489 g/mol. The Hall–Kier alpha value is -3.59. The number of ether oxygens (including phenoxy) is 1. The van der Waals surface area contributed by atoms with Crippen molar-refractivity contribution in [3.63, 3.8) is 0 Å². The lowest BCUT2D eigenvalue weighted by molar-refractivity contribution is 0.0172. The highest BCUT2D eigenvalue weighted by Crippen LogP contribution is 2.30. The Balaban J connectivity index is 1.62. The maximum atomic E-state index is 13.2. The molecule has 3 aromatic rings. The van der Waals surface area contributed by atoms with Gasteiger partial charge in [-0.05, 0) is 54.5 Å². The fraction of sp³-hybridized carbons (Fsp3) is 0.320. The van der Waals surface area contributed by atoms with Crippen molar-refractivity contribution in [2.45, 2.75) is 25.4 Å². The quantitative estimate of drug-likeness (QED) is 0.391. The van der Waals surface area contributed by atoms with Crippen molar-refractivity contribution in [2.24, 2.45) is 0 Å². The maximum absolute atomic E-state index is 13.2. The summed E-state index contributed by atoms with van der Waals surface area (Å²) in [5.41, 5.74) is 1.45. The monoisotopic (exact) mass is 513 g/mol. The van der Waals surface area contributed by atoms with Crippen LogP contribution < -0.4 is 0 Å². The van der Waals surface area contributed by atoms with Crippen LogP contribution in [-0.4, -0.2) is 70.9 Å². The number of fused-ring (bicyclic) bond motifs is 1. The minimum Gasteiger partial charge on any atom is -0.504 e. The van der Waals surface area contributed by atoms with Crippen LogP contribution in [0.5, 0.6) is 5.75 Å². The van der Waals surface area contributed by atoms with Crippen LogP contribution in [0.4, 0.5) is 4.39 Å². The number of carbonyl (C=O) groups excluding carboxylic acids is 1. The fourth-order valence-electron chi connectivity index (χ4n) is 4.00. The van der Waals surface area contributed by atoms with Gasteiger partial charge in [-0.3, -0.25) is 4.98 Å². The van der Waals surface area contributed by atoms with Gasteiger partial charge in [0.05, 0.1) is 6.26 Å². The molecule has 1 aromatic carbocycles. The Morgan fingerprint density at radius 1 is 1.22 bits per heavy atom. The number of aromatic nitrogens is 2. The van der Waals surface area contributed by atoms with Crippen molar-refractivity contribution >= 4 is 26.9 Å². The highest BCUT2D eigenvalue weighted by atomic mass is 32.2. The number of aliphatic hydroxyl groups excluding tert-OH is 1. The lowest BCUT2D eigenvalue weighted by Crippen LogP contribution is -2.40. The second kappa shape index (κ2) is 10.6. The molecule has 9 nitrogen and oxygen atoms in total. The van der Waals surface area contributed by atoms with Crippen LogP contribution in [0.2, 0.25) is 0 Å². The molecule has 4 rings (SSSR count). The number of nitrogens with zero attached hydrogens (tertiary/aromatic N) is 3. The molecule has 2 aromatic heterocycles. The SMILES string of the molecule is CS(=O)(=O)N1CCC(OC(=O)c2nc(C#CCO)c3cc(Cc4ccc(F)cc4)cnc3c2O)CC1. The van der Waals surface area contributed by atoms with Crippen molar-refractivity contribution in [3.8, 4) is 17.6 Å². The number of halogens is 1. The Morgan fingerprint density at radius 3 is 2.56 bits per heavy atom. The molecule has 0 atom stereocenters. The molecule has 1 saturated heterocycles. The summed E-state index contributed by atoms with van der Waals surface area (Å²) in [5, 5.41) is 20.4. The molecule has 0 saturated carbocycles. The van der Waals surface area contributed by atoms with Gasteiger partial charge in [0.1, 0.15) is 29.7 Å². The van der Waals surface area contributed by atoms with Crippen LogP contribution in [0.3, 0.4) is 0 Å². The number of benzene rings is 1. The first kappa shape index (κ1) is 25.5. The molecule has 3 heterocycles. The zero-order valence-electron chi connectivity index (χ0n) is 19.4. The molecule has 1 aliphatic rings. The van der Waals surface area contributed by atoms with E-state index in [-0.39, 0.29) is 35.8 Å². The first-order chi connectivity index (χ1) is 17.2. The molecule has 0 spiro atoms. The number of hydrogen-bond donors (Lipinski definition) is 2. The second-order valence-corrected chi connectivity index (χ2v) is 10.4. The van der Waals surface area contributed by atoms with E-state index in [9.17, 15) is 22.7 Å². The normalized spacial score (nSPS) is 14.9. The van der Waals surface area contributed by atoms with Crippen LogP contribution in [0.25, 0.3) is 10.9 Å². The first-order valence-electron chi connectivity index (χ1n) is 11.2. The summed E-state index contributed by atoms with van der Waals surface area (Å²) < 4.78 is 43.4. The molecule has 1 fully saturated rings. The zero-order chi connectivity index (χ0) is 25.9. The van der Waals surface area contributed by atoms with Crippen molar-refractivity contribution < 1.29 is 32.6 Å². The molecule has 36 heavy (non-hydrogen) atoms. The van der Waals surface area contributed by atoms with E-state index < -0.39 is 34.5 Å². The highest BCUT2D eigenvalue weighted by molar-refractivity contribution is 7.88. The van der Waals surface area contributed by atoms with Crippen molar-refractivity contribution in [2.75, 3.05) is 26.0 Å². The molecular formula is C25H24FN3O6S.